The van der Waals surface area contributed by atoms with Crippen molar-refractivity contribution in [1.29, 1.82) is 0 Å². The fraction of sp³-hybridized carbons (Fsp3) is 0.524. The van der Waals surface area contributed by atoms with E-state index in [1.165, 1.54) is 37.7 Å². The lowest BCUT2D eigenvalue weighted by molar-refractivity contribution is 0.155. The van der Waals surface area contributed by atoms with Crippen LogP contribution in [0, 0.1) is 0 Å². The second-order valence-corrected chi connectivity index (χ2v) is 7.02. The molecule has 1 fully saturated rings. The molecule has 1 aromatic heterocycles. The Balaban J connectivity index is 1.52. The number of ether oxygens (including phenoxy) is 1. The second kappa shape index (κ2) is 10.00. The highest BCUT2D eigenvalue weighted by Crippen LogP contribution is 2.23. The summed E-state index contributed by atoms with van der Waals surface area (Å²) in [6.45, 7) is 4.21. The fourth-order valence-corrected chi connectivity index (χ4v) is 3.31. The SMILES string of the molecule is CCNC(=NCc1ccc(OC2CCCCC2)cc1)NCc1ccnn1C. The van der Waals surface area contributed by atoms with Gasteiger partial charge in [0, 0.05) is 19.8 Å². The monoisotopic (exact) mass is 369 g/mol. The minimum atomic E-state index is 0.388. The molecule has 6 nitrogen and oxygen atoms in total. The van der Waals surface area contributed by atoms with Crippen molar-refractivity contribution >= 4 is 5.96 Å². The molecule has 1 aliphatic rings. The number of benzene rings is 1. The molecule has 3 rings (SSSR count). The van der Waals surface area contributed by atoms with Crippen molar-refractivity contribution in [2.75, 3.05) is 6.54 Å². The minimum absolute atomic E-state index is 0.388. The van der Waals surface area contributed by atoms with Gasteiger partial charge in [-0.3, -0.25) is 4.68 Å². The highest BCUT2D eigenvalue weighted by Gasteiger charge is 2.14. The zero-order chi connectivity index (χ0) is 18.9. The Labute approximate surface area is 162 Å². The Morgan fingerprint density at radius 2 is 1.93 bits per heavy atom. The number of guanidine groups is 1. The van der Waals surface area contributed by atoms with Crippen LogP contribution >= 0.6 is 0 Å². The van der Waals surface area contributed by atoms with E-state index in [1.807, 2.05) is 17.8 Å². The first-order valence-electron chi connectivity index (χ1n) is 9.99. The molecule has 2 N–H and O–H groups in total. The lowest BCUT2D eigenvalue weighted by Gasteiger charge is -2.23. The molecule has 0 bridgehead atoms. The van der Waals surface area contributed by atoms with Crippen LogP contribution in [0.1, 0.15) is 50.3 Å². The van der Waals surface area contributed by atoms with Crippen LogP contribution in [-0.4, -0.2) is 28.4 Å². The predicted octanol–water partition coefficient (Wildman–Crippen LogP) is 3.39. The Morgan fingerprint density at radius 3 is 2.59 bits per heavy atom. The summed E-state index contributed by atoms with van der Waals surface area (Å²) >= 11 is 0. The summed E-state index contributed by atoms with van der Waals surface area (Å²) in [5.41, 5.74) is 2.29. The van der Waals surface area contributed by atoms with Crippen LogP contribution in [0.25, 0.3) is 0 Å². The number of aryl methyl sites for hydroxylation is 1. The second-order valence-electron chi connectivity index (χ2n) is 7.02. The van der Waals surface area contributed by atoms with Crippen LogP contribution in [0.5, 0.6) is 5.75 Å². The third-order valence-corrected chi connectivity index (χ3v) is 4.90. The van der Waals surface area contributed by atoms with Crippen LogP contribution in [0.15, 0.2) is 41.5 Å². The smallest absolute Gasteiger partial charge is 0.191 e. The molecule has 0 radical (unpaired) electrons. The van der Waals surface area contributed by atoms with E-state index < -0.39 is 0 Å². The molecule has 146 valence electrons. The molecule has 0 unspecified atom stereocenters. The molecule has 0 amide bonds. The van der Waals surface area contributed by atoms with Gasteiger partial charge in [0.2, 0.25) is 0 Å². The van der Waals surface area contributed by atoms with Crippen LogP contribution in [0.3, 0.4) is 0 Å². The van der Waals surface area contributed by atoms with Gasteiger partial charge in [-0.1, -0.05) is 18.6 Å². The first-order chi connectivity index (χ1) is 13.2. The summed E-state index contributed by atoms with van der Waals surface area (Å²) < 4.78 is 7.96. The topological polar surface area (TPSA) is 63.5 Å². The van der Waals surface area contributed by atoms with Crippen molar-refractivity contribution in [1.82, 2.24) is 20.4 Å². The summed E-state index contributed by atoms with van der Waals surface area (Å²) in [6.07, 6.45) is 8.48. The van der Waals surface area contributed by atoms with Gasteiger partial charge in [0.05, 0.1) is 24.9 Å². The van der Waals surface area contributed by atoms with E-state index in [4.69, 9.17) is 4.74 Å². The van der Waals surface area contributed by atoms with Crippen LogP contribution < -0.4 is 15.4 Å². The van der Waals surface area contributed by atoms with Crippen molar-refractivity contribution in [2.24, 2.45) is 12.0 Å². The highest BCUT2D eigenvalue weighted by atomic mass is 16.5. The van der Waals surface area contributed by atoms with Crippen molar-refractivity contribution in [2.45, 2.75) is 58.2 Å². The first-order valence-corrected chi connectivity index (χ1v) is 9.99. The maximum Gasteiger partial charge on any atom is 0.191 e. The predicted molar refractivity (Wildman–Crippen MR) is 109 cm³/mol. The van der Waals surface area contributed by atoms with E-state index in [9.17, 15) is 0 Å². The summed E-state index contributed by atoms with van der Waals surface area (Å²) in [7, 11) is 1.94. The molecule has 1 aromatic carbocycles. The Morgan fingerprint density at radius 1 is 1.15 bits per heavy atom. The van der Waals surface area contributed by atoms with Gasteiger partial charge in [0.15, 0.2) is 5.96 Å². The quantitative estimate of drug-likeness (QED) is 0.580. The third-order valence-electron chi connectivity index (χ3n) is 4.90. The lowest BCUT2D eigenvalue weighted by Crippen LogP contribution is -2.37. The zero-order valence-electron chi connectivity index (χ0n) is 16.4. The number of rotatable bonds is 7. The van der Waals surface area contributed by atoms with Crippen molar-refractivity contribution < 1.29 is 4.74 Å². The van der Waals surface area contributed by atoms with Gasteiger partial charge in [-0.25, -0.2) is 4.99 Å². The molecule has 0 aliphatic heterocycles. The number of nitrogens with one attached hydrogen (secondary N) is 2. The van der Waals surface area contributed by atoms with Gasteiger partial charge in [-0.15, -0.1) is 0 Å². The van der Waals surface area contributed by atoms with Crippen molar-refractivity contribution in [3.8, 4) is 5.75 Å². The Bertz CT molecular complexity index is 716. The minimum Gasteiger partial charge on any atom is -0.490 e. The number of hydrogen-bond acceptors (Lipinski definition) is 3. The van der Waals surface area contributed by atoms with E-state index in [2.05, 4.69) is 51.9 Å². The molecule has 2 aromatic rings. The van der Waals surface area contributed by atoms with Crippen LogP contribution in [0.4, 0.5) is 0 Å². The van der Waals surface area contributed by atoms with E-state index in [1.54, 1.807) is 6.20 Å². The van der Waals surface area contributed by atoms with E-state index in [0.29, 0.717) is 19.2 Å². The van der Waals surface area contributed by atoms with Gasteiger partial charge in [-0.2, -0.15) is 5.10 Å². The number of aromatic nitrogens is 2. The standard InChI is InChI=1S/C21H31N5O/c1-3-22-21(24-16-18-13-14-25-26(18)2)23-15-17-9-11-20(12-10-17)27-19-7-5-4-6-8-19/h9-14,19H,3-8,15-16H2,1-2H3,(H2,22,23,24). The molecular weight excluding hydrogens is 338 g/mol. The van der Waals surface area contributed by atoms with Gasteiger partial charge in [0.25, 0.3) is 0 Å². The lowest BCUT2D eigenvalue weighted by atomic mass is 9.98. The van der Waals surface area contributed by atoms with Crippen molar-refractivity contribution in [3.63, 3.8) is 0 Å². The molecule has 1 saturated carbocycles. The summed E-state index contributed by atoms with van der Waals surface area (Å²) in [6, 6.07) is 10.3. The molecular formula is C21H31N5O. The summed E-state index contributed by atoms with van der Waals surface area (Å²) in [5.74, 6) is 1.78. The average molecular weight is 370 g/mol. The molecule has 6 heteroatoms. The maximum atomic E-state index is 6.10. The fourth-order valence-electron chi connectivity index (χ4n) is 3.31. The third kappa shape index (κ3) is 6.01. The molecule has 0 spiro atoms. The zero-order valence-corrected chi connectivity index (χ0v) is 16.4. The maximum absolute atomic E-state index is 6.10. The summed E-state index contributed by atoms with van der Waals surface area (Å²) in [5, 5.41) is 10.8. The number of nitrogens with zero attached hydrogens (tertiary/aromatic N) is 3. The van der Waals surface area contributed by atoms with Gasteiger partial charge >= 0.3 is 0 Å². The average Bonchev–Trinajstić information content (AvgIpc) is 3.11. The van der Waals surface area contributed by atoms with E-state index in [0.717, 1.165) is 23.9 Å². The molecule has 1 aliphatic carbocycles. The Kier molecular flexibility index (Phi) is 7.13. The number of hydrogen-bond donors (Lipinski definition) is 2. The van der Waals surface area contributed by atoms with Crippen molar-refractivity contribution in [3.05, 3.63) is 47.8 Å². The molecule has 0 saturated heterocycles. The molecule has 1 heterocycles. The number of aliphatic imine (C=N–C) groups is 1. The van der Waals surface area contributed by atoms with E-state index in [-0.39, 0.29) is 0 Å². The highest BCUT2D eigenvalue weighted by molar-refractivity contribution is 5.79. The first kappa shape index (κ1) is 19.3. The molecule has 27 heavy (non-hydrogen) atoms. The van der Waals surface area contributed by atoms with E-state index >= 15 is 0 Å². The molecule has 0 atom stereocenters. The van der Waals surface area contributed by atoms with Gasteiger partial charge in [-0.05, 0) is 56.4 Å². The van der Waals surface area contributed by atoms with Gasteiger partial charge in [0.1, 0.15) is 5.75 Å². The Hall–Kier alpha value is -2.50. The summed E-state index contributed by atoms with van der Waals surface area (Å²) in [4.78, 5) is 4.68. The normalized spacial score (nSPS) is 15.6. The van der Waals surface area contributed by atoms with Crippen LogP contribution in [-0.2, 0) is 20.1 Å². The largest absolute Gasteiger partial charge is 0.490 e. The van der Waals surface area contributed by atoms with Crippen LogP contribution in [0.2, 0.25) is 0 Å². The van der Waals surface area contributed by atoms with Gasteiger partial charge < -0.3 is 15.4 Å².